The first-order valence-electron chi connectivity index (χ1n) is 2.85. The zero-order chi connectivity index (χ0) is 8.15. The molecule has 0 saturated heterocycles. The molecule has 2 amide bonds. The molecule has 0 aromatic carbocycles. The Kier molecular flexibility index (Phi) is 3.42. The lowest BCUT2D eigenvalue weighted by Gasteiger charge is -2.02. The predicted octanol–water partition coefficient (Wildman–Crippen LogP) is -1.43. The Balaban J connectivity index is 3.50. The maximum atomic E-state index is 10.7. The summed E-state index contributed by atoms with van der Waals surface area (Å²) in [5.41, 5.74) is 9.88. The maximum absolute atomic E-state index is 10.7. The first-order valence-corrected chi connectivity index (χ1v) is 2.85. The molecule has 0 fully saturated rings. The summed E-state index contributed by atoms with van der Waals surface area (Å²) in [5, 5.41) is 2.14. The van der Waals surface area contributed by atoms with Crippen molar-refractivity contribution >= 4 is 11.8 Å². The van der Waals surface area contributed by atoms with Gasteiger partial charge in [0, 0.05) is 0 Å². The van der Waals surface area contributed by atoms with Gasteiger partial charge in [-0.1, -0.05) is 0 Å². The molecule has 0 aliphatic carbocycles. The van der Waals surface area contributed by atoms with Gasteiger partial charge in [0.15, 0.2) is 5.78 Å². The number of primary amides is 1. The van der Waals surface area contributed by atoms with Crippen molar-refractivity contribution in [2.75, 3.05) is 6.54 Å². The number of carbonyl (C=O) groups excluding carboxylic acids is 2. The van der Waals surface area contributed by atoms with E-state index >= 15 is 0 Å². The highest BCUT2D eigenvalue weighted by molar-refractivity contribution is 5.88. The second kappa shape index (κ2) is 3.84. The van der Waals surface area contributed by atoms with Crippen LogP contribution in [-0.2, 0) is 4.79 Å². The maximum Gasteiger partial charge on any atom is 0.312 e. The Hall–Kier alpha value is -1.10. The van der Waals surface area contributed by atoms with Crippen molar-refractivity contribution in [3.8, 4) is 0 Å². The molecule has 58 valence electrons. The van der Waals surface area contributed by atoms with Crippen LogP contribution in [0, 0.1) is 0 Å². The summed E-state index contributed by atoms with van der Waals surface area (Å²) in [4.78, 5) is 20.7. The molecule has 0 rings (SSSR count). The number of amides is 2. The average Bonchev–Trinajstić information content (AvgIpc) is 1.82. The normalized spacial score (nSPS) is 12.2. The van der Waals surface area contributed by atoms with Crippen LogP contribution in [-0.4, -0.2) is 24.4 Å². The highest BCUT2D eigenvalue weighted by atomic mass is 16.2. The quantitative estimate of drug-likeness (QED) is 0.454. The van der Waals surface area contributed by atoms with E-state index in [0.29, 0.717) is 0 Å². The second-order valence-corrected chi connectivity index (χ2v) is 1.97. The van der Waals surface area contributed by atoms with Crippen LogP contribution in [0.1, 0.15) is 6.92 Å². The fourth-order valence-corrected chi connectivity index (χ4v) is 0.335. The number of urea groups is 1. The second-order valence-electron chi connectivity index (χ2n) is 1.97. The molecule has 0 aromatic rings. The SMILES string of the molecule is C[C@H](N)C(=O)CNC(N)=O. The van der Waals surface area contributed by atoms with Crippen LogP contribution in [0.2, 0.25) is 0 Å². The fourth-order valence-electron chi connectivity index (χ4n) is 0.335. The van der Waals surface area contributed by atoms with Gasteiger partial charge in [0.25, 0.3) is 0 Å². The molecule has 0 aliphatic heterocycles. The summed E-state index contributed by atoms with van der Waals surface area (Å²) in [7, 11) is 0. The van der Waals surface area contributed by atoms with Crippen LogP contribution in [0.5, 0.6) is 0 Å². The average molecular weight is 145 g/mol. The Labute approximate surface area is 58.8 Å². The third kappa shape index (κ3) is 3.85. The molecule has 0 aliphatic rings. The van der Waals surface area contributed by atoms with E-state index in [9.17, 15) is 9.59 Å². The molecule has 5 heteroatoms. The lowest BCUT2D eigenvalue weighted by atomic mass is 10.2. The van der Waals surface area contributed by atoms with E-state index in [2.05, 4.69) is 5.32 Å². The predicted molar refractivity (Wildman–Crippen MR) is 36.2 cm³/mol. The minimum atomic E-state index is -0.714. The van der Waals surface area contributed by atoms with E-state index in [1.165, 1.54) is 0 Å². The van der Waals surface area contributed by atoms with Gasteiger partial charge in [-0.2, -0.15) is 0 Å². The van der Waals surface area contributed by atoms with E-state index < -0.39 is 12.1 Å². The van der Waals surface area contributed by atoms with Crippen LogP contribution >= 0.6 is 0 Å². The van der Waals surface area contributed by atoms with Gasteiger partial charge in [0.2, 0.25) is 0 Å². The number of nitrogens with two attached hydrogens (primary N) is 2. The monoisotopic (exact) mass is 145 g/mol. The molecular formula is C5H11N3O2. The van der Waals surface area contributed by atoms with Gasteiger partial charge >= 0.3 is 6.03 Å². The van der Waals surface area contributed by atoms with Gasteiger partial charge in [0.1, 0.15) is 0 Å². The molecule has 10 heavy (non-hydrogen) atoms. The number of Topliss-reactive ketones (excluding diaryl/α,β-unsaturated/α-hetero) is 1. The van der Waals surface area contributed by atoms with E-state index in [4.69, 9.17) is 11.5 Å². The minimum absolute atomic E-state index is 0.0903. The molecule has 0 bridgehead atoms. The smallest absolute Gasteiger partial charge is 0.312 e. The summed E-state index contributed by atoms with van der Waals surface area (Å²) in [6, 6.07) is -1.26. The number of nitrogens with one attached hydrogen (secondary N) is 1. The topological polar surface area (TPSA) is 98.2 Å². The number of hydrogen-bond donors (Lipinski definition) is 3. The Morgan fingerprint density at radius 3 is 2.40 bits per heavy atom. The zero-order valence-corrected chi connectivity index (χ0v) is 5.76. The minimum Gasteiger partial charge on any atom is -0.352 e. The van der Waals surface area contributed by atoms with Gasteiger partial charge in [-0.05, 0) is 6.92 Å². The van der Waals surface area contributed by atoms with Gasteiger partial charge in [-0.25, -0.2) is 4.79 Å². The van der Waals surface area contributed by atoms with Crippen LogP contribution in [0.4, 0.5) is 4.79 Å². The van der Waals surface area contributed by atoms with Gasteiger partial charge < -0.3 is 16.8 Å². The van der Waals surface area contributed by atoms with Crippen molar-refractivity contribution in [3.63, 3.8) is 0 Å². The third-order valence-electron chi connectivity index (χ3n) is 0.945. The van der Waals surface area contributed by atoms with Crippen molar-refractivity contribution in [3.05, 3.63) is 0 Å². The zero-order valence-electron chi connectivity index (χ0n) is 5.76. The number of rotatable bonds is 3. The molecule has 0 unspecified atom stereocenters. The van der Waals surface area contributed by atoms with Gasteiger partial charge in [-0.15, -0.1) is 0 Å². The molecule has 1 atom stereocenters. The number of ketones is 1. The molecular weight excluding hydrogens is 134 g/mol. The first-order chi connectivity index (χ1) is 4.54. The highest BCUT2D eigenvalue weighted by Crippen LogP contribution is 1.75. The molecule has 0 heterocycles. The van der Waals surface area contributed by atoms with E-state index in [-0.39, 0.29) is 12.3 Å². The Bertz CT molecular complexity index is 144. The van der Waals surface area contributed by atoms with Crippen LogP contribution in [0.15, 0.2) is 0 Å². The van der Waals surface area contributed by atoms with Gasteiger partial charge in [0.05, 0.1) is 12.6 Å². The van der Waals surface area contributed by atoms with Crippen LogP contribution < -0.4 is 16.8 Å². The molecule has 5 nitrogen and oxygen atoms in total. The van der Waals surface area contributed by atoms with Crippen LogP contribution in [0.3, 0.4) is 0 Å². The van der Waals surface area contributed by atoms with Crippen molar-refractivity contribution < 1.29 is 9.59 Å². The lowest BCUT2D eigenvalue weighted by molar-refractivity contribution is -0.118. The first kappa shape index (κ1) is 8.90. The summed E-state index contributed by atoms with van der Waals surface area (Å²) in [5.74, 6) is -0.237. The van der Waals surface area contributed by atoms with Crippen molar-refractivity contribution in [2.45, 2.75) is 13.0 Å². The summed E-state index contributed by atoms with van der Waals surface area (Å²) < 4.78 is 0. The van der Waals surface area contributed by atoms with Crippen molar-refractivity contribution in [1.29, 1.82) is 0 Å². The van der Waals surface area contributed by atoms with Crippen LogP contribution in [0.25, 0.3) is 0 Å². The van der Waals surface area contributed by atoms with E-state index in [1.54, 1.807) is 6.92 Å². The fraction of sp³-hybridized carbons (Fsp3) is 0.600. The molecule has 0 aromatic heterocycles. The van der Waals surface area contributed by atoms with E-state index in [1.807, 2.05) is 0 Å². The number of carbonyl (C=O) groups is 2. The third-order valence-corrected chi connectivity index (χ3v) is 0.945. The lowest BCUT2D eigenvalue weighted by Crippen LogP contribution is -2.40. The summed E-state index contributed by atoms with van der Waals surface area (Å²) in [6.07, 6.45) is 0. The standard InChI is InChI=1S/C5H11N3O2/c1-3(6)4(9)2-8-5(7)10/h3H,2,6H2,1H3,(H3,7,8,10)/t3-/m0/s1. The Morgan fingerprint density at radius 2 is 2.10 bits per heavy atom. The highest BCUT2D eigenvalue weighted by Gasteiger charge is 2.06. The Morgan fingerprint density at radius 1 is 1.60 bits per heavy atom. The molecule has 0 radical (unpaired) electrons. The van der Waals surface area contributed by atoms with Crippen molar-refractivity contribution in [1.82, 2.24) is 5.32 Å². The summed E-state index contributed by atoms with van der Waals surface area (Å²) in [6.45, 7) is 1.46. The largest absolute Gasteiger partial charge is 0.352 e. The van der Waals surface area contributed by atoms with E-state index in [0.717, 1.165) is 0 Å². The van der Waals surface area contributed by atoms with Crippen molar-refractivity contribution in [2.24, 2.45) is 11.5 Å². The summed E-state index contributed by atoms with van der Waals surface area (Å²) >= 11 is 0. The molecule has 5 N–H and O–H groups in total. The molecule has 0 spiro atoms. The number of hydrogen-bond acceptors (Lipinski definition) is 3. The molecule has 0 saturated carbocycles. The van der Waals surface area contributed by atoms with Gasteiger partial charge in [-0.3, -0.25) is 4.79 Å².